The Bertz CT molecular complexity index is 697. The first-order valence-electron chi connectivity index (χ1n) is 6.37. The van der Waals surface area contributed by atoms with Crippen molar-refractivity contribution in [3.8, 4) is 0 Å². The van der Waals surface area contributed by atoms with E-state index in [1.165, 1.54) is 17.0 Å². The zero-order valence-corrected chi connectivity index (χ0v) is 12.8. The molecule has 1 aliphatic heterocycles. The van der Waals surface area contributed by atoms with Gasteiger partial charge in [-0.1, -0.05) is 0 Å². The van der Waals surface area contributed by atoms with Crippen LogP contribution in [0.2, 0.25) is 0 Å². The molecule has 2 N–H and O–H groups in total. The summed E-state index contributed by atoms with van der Waals surface area (Å²) < 4.78 is 26.6. The maximum Gasteiger partial charge on any atom is 0.241 e. The van der Waals surface area contributed by atoms with Crippen molar-refractivity contribution in [1.29, 1.82) is 0 Å². The number of rotatable bonds is 4. The Labute approximate surface area is 123 Å². The van der Waals surface area contributed by atoms with Gasteiger partial charge in [0.15, 0.2) is 0 Å². The van der Waals surface area contributed by atoms with Crippen LogP contribution in [0, 0.1) is 0 Å². The highest BCUT2D eigenvalue weighted by molar-refractivity contribution is 7.89. The highest BCUT2D eigenvalue weighted by Crippen LogP contribution is 2.33. The van der Waals surface area contributed by atoms with Crippen molar-refractivity contribution in [2.24, 2.45) is 0 Å². The number of hydrogen-bond acceptors (Lipinski definition) is 4. The minimum Gasteiger partial charge on any atom is -0.348 e. The molecule has 21 heavy (non-hydrogen) atoms. The molecule has 114 valence electrons. The fraction of sp³-hybridized carbons (Fsp3) is 0.385. The van der Waals surface area contributed by atoms with E-state index in [0.29, 0.717) is 11.3 Å². The monoisotopic (exact) mass is 311 g/mol. The topological polar surface area (TPSA) is 95.6 Å². The molecule has 0 aliphatic carbocycles. The predicted molar refractivity (Wildman–Crippen MR) is 77.4 cm³/mol. The fourth-order valence-corrected chi connectivity index (χ4v) is 2.97. The molecule has 1 heterocycles. The van der Waals surface area contributed by atoms with E-state index in [4.69, 9.17) is 0 Å². The zero-order chi connectivity index (χ0) is 15.8. The molecule has 0 fully saturated rings. The van der Waals surface area contributed by atoms with E-state index in [0.717, 1.165) is 0 Å². The summed E-state index contributed by atoms with van der Waals surface area (Å²) in [5.41, 5.74) is 1.26. The summed E-state index contributed by atoms with van der Waals surface area (Å²) >= 11 is 0. The third-order valence-electron chi connectivity index (χ3n) is 3.36. The van der Waals surface area contributed by atoms with Crippen LogP contribution in [-0.2, 0) is 19.6 Å². The van der Waals surface area contributed by atoms with E-state index in [1.807, 2.05) is 0 Å². The first kappa shape index (κ1) is 15.5. The van der Waals surface area contributed by atoms with Crippen molar-refractivity contribution >= 4 is 27.5 Å². The second-order valence-electron chi connectivity index (χ2n) is 5.07. The molecule has 0 bridgehead atoms. The number of hydrogen-bond donors (Lipinski definition) is 2. The molecular weight excluding hydrogens is 294 g/mol. The number of anilines is 1. The number of nitrogens with one attached hydrogen (secondary N) is 2. The van der Waals surface area contributed by atoms with Crippen molar-refractivity contribution < 1.29 is 18.0 Å². The summed E-state index contributed by atoms with van der Waals surface area (Å²) in [5, 5.41) is 2.68. The first-order valence-corrected chi connectivity index (χ1v) is 7.85. The number of carbonyl (C=O) groups is 2. The summed E-state index contributed by atoms with van der Waals surface area (Å²) in [6.45, 7) is 1.40. The SMILES string of the molecule is C[C@@H]1C(=O)Nc2ccc(S(=O)(=O)NCC(=O)N(C)C)cc21. The van der Waals surface area contributed by atoms with Crippen LogP contribution < -0.4 is 10.0 Å². The lowest BCUT2D eigenvalue weighted by Gasteiger charge is -2.12. The van der Waals surface area contributed by atoms with E-state index in [9.17, 15) is 18.0 Å². The maximum absolute atomic E-state index is 12.2. The van der Waals surface area contributed by atoms with Crippen LogP contribution in [0.1, 0.15) is 18.4 Å². The average Bonchev–Trinajstić information content (AvgIpc) is 2.71. The third kappa shape index (κ3) is 3.06. The van der Waals surface area contributed by atoms with Crippen molar-refractivity contribution in [1.82, 2.24) is 9.62 Å². The highest BCUT2D eigenvalue weighted by atomic mass is 32.2. The molecule has 0 radical (unpaired) electrons. The van der Waals surface area contributed by atoms with Gasteiger partial charge in [0.1, 0.15) is 0 Å². The van der Waals surface area contributed by atoms with E-state index in [1.54, 1.807) is 27.1 Å². The van der Waals surface area contributed by atoms with Crippen LogP contribution >= 0.6 is 0 Å². The number of nitrogens with zero attached hydrogens (tertiary/aromatic N) is 1. The number of fused-ring (bicyclic) bond motifs is 1. The largest absolute Gasteiger partial charge is 0.348 e. The Hall–Kier alpha value is -1.93. The van der Waals surface area contributed by atoms with E-state index < -0.39 is 15.9 Å². The number of amides is 2. The molecular formula is C13H17N3O4S. The number of sulfonamides is 1. The Morgan fingerprint density at radius 3 is 2.67 bits per heavy atom. The molecule has 8 heteroatoms. The van der Waals surface area contributed by atoms with Crippen LogP contribution in [-0.4, -0.2) is 45.8 Å². The molecule has 2 amide bonds. The molecule has 1 aliphatic rings. The highest BCUT2D eigenvalue weighted by Gasteiger charge is 2.28. The summed E-state index contributed by atoms with van der Waals surface area (Å²) in [5.74, 6) is -0.890. The van der Waals surface area contributed by atoms with Gasteiger partial charge in [-0.15, -0.1) is 0 Å². The number of benzene rings is 1. The van der Waals surface area contributed by atoms with Crippen LogP contribution in [0.15, 0.2) is 23.1 Å². The molecule has 1 aromatic rings. The minimum absolute atomic E-state index is 0.0381. The summed E-state index contributed by atoms with van der Waals surface area (Å²) in [6.07, 6.45) is 0. The average molecular weight is 311 g/mol. The van der Waals surface area contributed by atoms with Gasteiger partial charge in [0, 0.05) is 19.8 Å². The Morgan fingerprint density at radius 1 is 1.38 bits per heavy atom. The summed E-state index contributed by atoms with van der Waals surface area (Å²) in [7, 11) is -0.695. The second kappa shape index (κ2) is 5.45. The maximum atomic E-state index is 12.2. The van der Waals surface area contributed by atoms with Crippen molar-refractivity contribution in [3.63, 3.8) is 0 Å². The quantitative estimate of drug-likeness (QED) is 0.825. The lowest BCUT2D eigenvalue weighted by molar-refractivity contribution is -0.127. The molecule has 7 nitrogen and oxygen atoms in total. The van der Waals surface area contributed by atoms with Gasteiger partial charge in [0.2, 0.25) is 21.8 Å². The van der Waals surface area contributed by atoms with Gasteiger partial charge in [-0.3, -0.25) is 9.59 Å². The standard InChI is InChI=1S/C13H17N3O4S/c1-8-10-6-9(4-5-11(10)15-13(8)18)21(19,20)14-7-12(17)16(2)3/h4-6,8,14H,7H2,1-3H3,(H,15,18)/t8-/m0/s1. The molecule has 2 rings (SSSR count). The minimum atomic E-state index is -3.79. The molecule has 0 aromatic heterocycles. The molecule has 1 aromatic carbocycles. The predicted octanol–water partition coefficient (Wildman–Crippen LogP) is 0.109. The van der Waals surface area contributed by atoms with Gasteiger partial charge in [-0.2, -0.15) is 0 Å². The van der Waals surface area contributed by atoms with Crippen molar-refractivity contribution in [3.05, 3.63) is 23.8 Å². The smallest absolute Gasteiger partial charge is 0.241 e. The van der Waals surface area contributed by atoms with Gasteiger partial charge >= 0.3 is 0 Å². The van der Waals surface area contributed by atoms with Crippen LogP contribution in [0.5, 0.6) is 0 Å². The lowest BCUT2D eigenvalue weighted by atomic mass is 10.0. The summed E-state index contributed by atoms with van der Waals surface area (Å²) in [4.78, 5) is 24.3. The Kier molecular flexibility index (Phi) is 4.02. The van der Waals surface area contributed by atoms with E-state index >= 15 is 0 Å². The van der Waals surface area contributed by atoms with Crippen molar-refractivity contribution in [2.45, 2.75) is 17.7 Å². The third-order valence-corrected chi connectivity index (χ3v) is 4.76. The molecule has 0 saturated heterocycles. The van der Waals surface area contributed by atoms with Crippen LogP contribution in [0.25, 0.3) is 0 Å². The number of likely N-dealkylation sites (N-methyl/N-ethyl adjacent to an activating group) is 1. The van der Waals surface area contributed by atoms with Gasteiger partial charge < -0.3 is 10.2 Å². The van der Waals surface area contributed by atoms with Gasteiger partial charge in [0.25, 0.3) is 0 Å². The molecule has 1 atom stereocenters. The van der Waals surface area contributed by atoms with Gasteiger partial charge in [-0.05, 0) is 30.7 Å². The van der Waals surface area contributed by atoms with Gasteiger partial charge in [-0.25, -0.2) is 13.1 Å². The number of carbonyl (C=O) groups excluding carboxylic acids is 2. The van der Waals surface area contributed by atoms with E-state index in [2.05, 4.69) is 10.0 Å². The zero-order valence-electron chi connectivity index (χ0n) is 12.0. The Morgan fingerprint density at radius 2 is 2.05 bits per heavy atom. The lowest BCUT2D eigenvalue weighted by Crippen LogP contribution is -2.36. The van der Waals surface area contributed by atoms with E-state index in [-0.39, 0.29) is 23.3 Å². The Balaban J connectivity index is 2.23. The first-order chi connectivity index (χ1) is 9.72. The van der Waals surface area contributed by atoms with Crippen LogP contribution in [0.3, 0.4) is 0 Å². The molecule has 0 saturated carbocycles. The fourth-order valence-electron chi connectivity index (χ4n) is 1.96. The second-order valence-corrected chi connectivity index (χ2v) is 6.84. The van der Waals surface area contributed by atoms with Gasteiger partial charge in [0.05, 0.1) is 17.4 Å². The van der Waals surface area contributed by atoms with Crippen molar-refractivity contribution in [2.75, 3.05) is 26.0 Å². The normalized spacial score (nSPS) is 17.3. The molecule has 0 spiro atoms. The molecule has 0 unspecified atom stereocenters. The van der Waals surface area contributed by atoms with Crippen LogP contribution in [0.4, 0.5) is 5.69 Å². The summed E-state index contributed by atoms with van der Waals surface area (Å²) in [6, 6.07) is 4.42.